The maximum Gasteiger partial charge on any atom is 0.133 e. The largest absolute Gasteiger partial charge is 0.361 e. The van der Waals surface area contributed by atoms with E-state index in [2.05, 4.69) is 19.9 Å². The standard InChI is InChI=1S/C15H21FN4OS/c1-11-5-13(18-21-11)8-19(2)9-14-6-12(16)7-20(14)10-15-17-3-4-22-15/h3-5,12,14H,6-10H2,1-2H3/t12-,14-/m0/s1. The summed E-state index contributed by atoms with van der Waals surface area (Å²) in [6.45, 7) is 4.66. The minimum atomic E-state index is -0.743. The van der Waals surface area contributed by atoms with E-state index in [1.165, 1.54) is 0 Å². The van der Waals surface area contributed by atoms with E-state index in [0.29, 0.717) is 13.0 Å². The Morgan fingerprint density at radius 3 is 3.09 bits per heavy atom. The molecule has 5 nitrogen and oxygen atoms in total. The molecule has 7 heteroatoms. The first kappa shape index (κ1) is 15.6. The minimum absolute atomic E-state index is 0.219. The van der Waals surface area contributed by atoms with Gasteiger partial charge in [-0.15, -0.1) is 11.3 Å². The zero-order chi connectivity index (χ0) is 15.5. The number of aryl methyl sites for hydroxylation is 1. The molecular weight excluding hydrogens is 303 g/mol. The number of likely N-dealkylation sites (tertiary alicyclic amines) is 1. The summed E-state index contributed by atoms with van der Waals surface area (Å²) in [5.74, 6) is 0.818. The van der Waals surface area contributed by atoms with Gasteiger partial charge in [0.25, 0.3) is 0 Å². The van der Waals surface area contributed by atoms with Crippen molar-refractivity contribution in [2.24, 2.45) is 0 Å². The third kappa shape index (κ3) is 3.91. The van der Waals surface area contributed by atoms with Crippen LogP contribution in [-0.4, -0.2) is 52.3 Å². The normalized spacial score (nSPS) is 22.7. The first-order valence-electron chi connectivity index (χ1n) is 7.47. The monoisotopic (exact) mass is 324 g/mol. The second-order valence-corrected chi connectivity index (χ2v) is 6.95. The second kappa shape index (κ2) is 6.85. The highest BCUT2D eigenvalue weighted by Gasteiger charge is 2.33. The number of hydrogen-bond acceptors (Lipinski definition) is 6. The van der Waals surface area contributed by atoms with E-state index >= 15 is 0 Å². The van der Waals surface area contributed by atoms with Gasteiger partial charge in [-0.1, -0.05) is 5.16 Å². The van der Waals surface area contributed by atoms with E-state index in [1.807, 2.05) is 25.4 Å². The average Bonchev–Trinajstić information content (AvgIpc) is 3.15. The van der Waals surface area contributed by atoms with Crippen LogP contribution in [0, 0.1) is 6.92 Å². The first-order valence-corrected chi connectivity index (χ1v) is 8.35. The summed E-state index contributed by atoms with van der Waals surface area (Å²) < 4.78 is 18.9. The molecule has 0 saturated carbocycles. The SMILES string of the molecule is Cc1cc(CN(C)C[C@@H]2C[C@H](F)CN2Cc2nccs2)no1. The lowest BCUT2D eigenvalue weighted by atomic mass is 10.2. The highest BCUT2D eigenvalue weighted by molar-refractivity contribution is 7.09. The van der Waals surface area contributed by atoms with Crippen LogP contribution < -0.4 is 0 Å². The summed E-state index contributed by atoms with van der Waals surface area (Å²) in [5.41, 5.74) is 0.918. The van der Waals surface area contributed by atoms with Crippen molar-refractivity contribution in [3.05, 3.63) is 34.1 Å². The van der Waals surface area contributed by atoms with Crippen LogP contribution in [0.5, 0.6) is 0 Å². The summed E-state index contributed by atoms with van der Waals surface area (Å²) in [6, 6.07) is 2.16. The second-order valence-electron chi connectivity index (χ2n) is 5.97. The fourth-order valence-electron chi connectivity index (χ4n) is 3.00. The minimum Gasteiger partial charge on any atom is -0.361 e. The molecule has 3 rings (SSSR count). The van der Waals surface area contributed by atoms with Crippen LogP contribution >= 0.6 is 11.3 Å². The van der Waals surface area contributed by atoms with Crippen LogP contribution in [0.15, 0.2) is 22.2 Å². The quantitative estimate of drug-likeness (QED) is 0.817. The zero-order valence-corrected chi connectivity index (χ0v) is 13.7. The van der Waals surface area contributed by atoms with Gasteiger partial charge < -0.3 is 4.52 Å². The molecule has 2 aromatic heterocycles. The molecule has 0 amide bonds. The van der Waals surface area contributed by atoms with Gasteiger partial charge >= 0.3 is 0 Å². The van der Waals surface area contributed by atoms with Gasteiger partial charge in [0.15, 0.2) is 0 Å². The Kier molecular flexibility index (Phi) is 4.85. The summed E-state index contributed by atoms with van der Waals surface area (Å²) in [5, 5.41) is 7.03. The molecular formula is C15H21FN4OS. The van der Waals surface area contributed by atoms with Crippen LogP contribution in [0.4, 0.5) is 4.39 Å². The van der Waals surface area contributed by atoms with E-state index in [1.54, 1.807) is 17.5 Å². The van der Waals surface area contributed by atoms with Gasteiger partial charge in [-0.25, -0.2) is 9.37 Å². The maximum atomic E-state index is 13.8. The Bertz CT molecular complexity index is 588. The molecule has 3 heterocycles. The third-order valence-corrected chi connectivity index (χ3v) is 4.69. The Hall–Kier alpha value is -1.31. The number of alkyl halides is 1. The van der Waals surface area contributed by atoms with Crippen LogP contribution in [0.25, 0.3) is 0 Å². The smallest absolute Gasteiger partial charge is 0.133 e. The molecule has 1 aliphatic heterocycles. The highest BCUT2D eigenvalue weighted by atomic mass is 32.1. The van der Waals surface area contributed by atoms with E-state index in [9.17, 15) is 4.39 Å². The summed E-state index contributed by atoms with van der Waals surface area (Å²) in [7, 11) is 2.04. The predicted octanol–water partition coefficient (Wildman–Crippen LogP) is 2.48. The molecule has 0 aromatic carbocycles. The number of hydrogen-bond donors (Lipinski definition) is 0. The average molecular weight is 324 g/mol. The molecule has 0 radical (unpaired) electrons. The van der Waals surface area contributed by atoms with Gasteiger partial charge in [0.1, 0.15) is 16.9 Å². The number of likely N-dealkylation sites (N-methyl/N-ethyl adjacent to an activating group) is 1. The Morgan fingerprint density at radius 2 is 2.41 bits per heavy atom. The fourth-order valence-corrected chi connectivity index (χ4v) is 3.65. The lowest BCUT2D eigenvalue weighted by Crippen LogP contribution is -2.38. The van der Waals surface area contributed by atoms with Crippen LogP contribution in [0.2, 0.25) is 0 Å². The topological polar surface area (TPSA) is 45.4 Å². The van der Waals surface area contributed by atoms with Gasteiger partial charge in [-0.2, -0.15) is 0 Å². The van der Waals surface area contributed by atoms with E-state index < -0.39 is 6.17 Å². The van der Waals surface area contributed by atoms with Crippen LogP contribution in [0.3, 0.4) is 0 Å². The van der Waals surface area contributed by atoms with E-state index in [0.717, 1.165) is 36.1 Å². The predicted molar refractivity (Wildman–Crippen MR) is 83.4 cm³/mol. The number of rotatable bonds is 6. The molecule has 0 N–H and O–H groups in total. The van der Waals surface area contributed by atoms with Crippen molar-refractivity contribution in [3.63, 3.8) is 0 Å². The Labute approximate surface area is 133 Å². The van der Waals surface area contributed by atoms with Crippen molar-refractivity contribution in [1.29, 1.82) is 0 Å². The van der Waals surface area contributed by atoms with Crippen molar-refractivity contribution >= 4 is 11.3 Å². The van der Waals surface area contributed by atoms with Gasteiger partial charge in [0.2, 0.25) is 0 Å². The molecule has 1 saturated heterocycles. The molecule has 0 spiro atoms. The molecule has 2 aromatic rings. The van der Waals surface area contributed by atoms with Crippen molar-refractivity contribution in [3.8, 4) is 0 Å². The van der Waals surface area contributed by atoms with Crippen molar-refractivity contribution in [1.82, 2.24) is 19.9 Å². The van der Waals surface area contributed by atoms with Gasteiger partial charge in [0, 0.05) is 43.3 Å². The summed E-state index contributed by atoms with van der Waals surface area (Å²) in [4.78, 5) is 8.69. The number of thiazole rings is 1. The summed E-state index contributed by atoms with van der Waals surface area (Å²) >= 11 is 1.63. The molecule has 1 aliphatic rings. The van der Waals surface area contributed by atoms with Crippen molar-refractivity contribution < 1.29 is 8.91 Å². The van der Waals surface area contributed by atoms with E-state index in [4.69, 9.17) is 4.52 Å². The van der Waals surface area contributed by atoms with Crippen molar-refractivity contribution in [2.75, 3.05) is 20.1 Å². The van der Waals surface area contributed by atoms with Gasteiger partial charge in [-0.05, 0) is 20.4 Å². The fraction of sp³-hybridized carbons (Fsp3) is 0.600. The number of halogens is 1. The number of nitrogens with zero attached hydrogens (tertiary/aromatic N) is 4. The van der Waals surface area contributed by atoms with Crippen molar-refractivity contribution in [2.45, 2.75) is 38.6 Å². The van der Waals surface area contributed by atoms with Crippen LogP contribution in [0.1, 0.15) is 22.9 Å². The maximum absolute atomic E-state index is 13.8. The first-order chi connectivity index (χ1) is 10.6. The third-order valence-electron chi connectivity index (χ3n) is 3.93. The lowest BCUT2D eigenvalue weighted by Gasteiger charge is -2.27. The molecule has 120 valence electrons. The van der Waals surface area contributed by atoms with Crippen LogP contribution in [-0.2, 0) is 13.1 Å². The van der Waals surface area contributed by atoms with E-state index in [-0.39, 0.29) is 6.04 Å². The molecule has 1 fully saturated rings. The zero-order valence-electron chi connectivity index (χ0n) is 12.9. The Morgan fingerprint density at radius 1 is 1.55 bits per heavy atom. The number of aromatic nitrogens is 2. The molecule has 2 atom stereocenters. The van der Waals surface area contributed by atoms with Gasteiger partial charge in [-0.3, -0.25) is 9.80 Å². The molecule has 0 unspecified atom stereocenters. The molecule has 0 bridgehead atoms. The lowest BCUT2D eigenvalue weighted by molar-refractivity contribution is 0.178. The highest BCUT2D eigenvalue weighted by Crippen LogP contribution is 2.24. The Balaban J connectivity index is 1.57. The molecule has 22 heavy (non-hydrogen) atoms. The summed E-state index contributed by atoms with van der Waals surface area (Å²) in [6.07, 6.45) is 1.65. The van der Waals surface area contributed by atoms with Gasteiger partial charge in [0.05, 0.1) is 12.2 Å². The molecule has 0 aliphatic carbocycles.